The number of rotatable bonds is 3. The molecule has 0 saturated heterocycles. The molecule has 3 heteroatoms. The Balaban J connectivity index is 2.56. The molecule has 0 aliphatic heterocycles. The van der Waals surface area contributed by atoms with Crippen LogP contribution in [0.4, 0.5) is 0 Å². The van der Waals surface area contributed by atoms with Crippen molar-refractivity contribution in [3.8, 4) is 0 Å². The van der Waals surface area contributed by atoms with E-state index < -0.39 is 5.97 Å². The molecule has 3 nitrogen and oxygen atoms in total. The van der Waals surface area contributed by atoms with Crippen LogP contribution in [0.1, 0.15) is 39.0 Å². The van der Waals surface area contributed by atoms with Crippen LogP contribution in [-0.2, 0) is 9.59 Å². The fourth-order valence-electron chi connectivity index (χ4n) is 2.15. The summed E-state index contributed by atoms with van der Waals surface area (Å²) < 4.78 is 0. The Hall–Kier alpha value is -0.860. The normalized spacial score (nSPS) is 28.4. The quantitative estimate of drug-likeness (QED) is 0.728. The third-order valence-corrected chi connectivity index (χ3v) is 2.78. The maximum Gasteiger partial charge on any atom is 0.306 e. The van der Waals surface area contributed by atoms with E-state index in [0.717, 1.165) is 25.7 Å². The van der Waals surface area contributed by atoms with Gasteiger partial charge in [-0.05, 0) is 25.7 Å². The van der Waals surface area contributed by atoms with Gasteiger partial charge in [0.25, 0.3) is 0 Å². The molecule has 0 unspecified atom stereocenters. The molecular formula is C10H16O3. The van der Waals surface area contributed by atoms with Crippen molar-refractivity contribution in [1.82, 2.24) is 0 Å². The molecule has 0 bridgehead atoms. The van der Waals surface area contributed by atoms with Crippen LogP contribution >= 0.6 is 0 Å². The summed E-state index contributed by atoms with van der Waals surface area (Å²) in [6.45, 7) is 1.54. The van der Waals surface area contributed by atoms with Gasteiger partial charge in [0.1, 0.15) is 5.78 Å². The molecule has 1 N–H and O–H groups in total. The Morgan fingerprint density at radius 3 is 2.46 bits per heavy atom. The zero-order valence-corrected chi connectivity index (χ0v) is 7.95. The second-order valence-corrected chi connectivity index (χ2v) is 3.90. The summed E-state index contributed by atoms with van der Waals surface area (Å²) in [5.41, 5.74) is 0. The van der Waals surface area contributed by atoms with Crippen LogP contribution in [0, 0.1) is 11.8 Å². The molecule has 2 atom stereocenters. The highest BCUT2D eigenvalue weighted by Crippen LogP contribution is 2.32. The highest BCUT2D eigenvalue weighted by atomic mass is 16.4. The molecule has 13 heavy (non-hydrogen) atoms. The van der Waals surface area contributed by atoms with Crippen molar-refractivity contribution in [2.45, 2.75) is 39.0 Å². The van der Waals surface area contributed by atoms with E-state index >= 15 is 0 Å². The molecule has 1 rings (SSSR count). The third kappa shape index (κ3) is 2.83. The second kappa shape index (κ2) is 4.40. The smallest absolute Gasteiger partial charge is 0.306 e. The fraction of sp³-hybridized carbons (Fsp3) is 0.800. The first-order chi connectivity index (χ1) is 6.11. The summed E-state index contributed by atoms with van der Waals surface area (Å²) in [5, 5.41) is 8.91. The summed E-state index contributed by atoms with van der Waals surface area (Å²) in [6, 6.07) is 0. The molecular weight excluding hydrogens is 168 g/mol. The first-order valence-electron chi connectivity index (χ1n) is 4.83. The topological polar surface area (TPSA) is 54.4 Å². The molecule has 0 aromatic rings. The van der Waals surface area contributed by atoms with Gasteiger partial charge in [-0.25, -0.2) is 0 Å². The van der Waals surface area contributed by atoms with Crippen molar-refractivity contribution < 1.29 is 14.7 Å². The van der Waals surface area contributed by atoms with Gasteiger partial charge >= 0.3 is 5.97 Å². The first-order valence-corrected chi connectivity index (χ1v) is 4.83. The zero-order valence-electron chi connectivity index (χ0n) is 7.95. The second-order valence-electron chi connectivity index (χ2n) is 3.90. The van der Waals surface area contributed by atoms with E-state index in [1.54, 1.807) is 0 Å². The van der Waals surface area contributed by atoms with Gasteiger partial charge in [-0.3, -0.25) is 4.79 Å². The van der Waals surface area contributed by atoms with Crippen molar-refractivity contribution in [3.63, 3.8) is 0 Å². The molecule has 0 aromatic carbocycles. The molecule has 1 saturated carbocycles. The van der Waals surface area contributed by atoms with E-state index in [-0.39, 0.29) is 17.6 Å². The zero-order chi connectivity index (χ0) is 9.84. The lowest BCUT2D eigenvalue weighted by Gasteiger charge is -2.27. The van der Waals surface area contributed by atoms with Crippen LogP contribution in [0.2, 0.25) is 0 Å². The van der Waals surface area contributed by atoms with Crippen LogP contribution < -0.4 is 0 Å². The fourth-order valence-corrected chi connectivity index (χ4v) is 2.15. The Morgan fingerprint density at radius 1 is 1.31 bits per heavy atom. The number of ketones is 1. The standard InChI is InChI=1S/C10H16O3/c1-7(11)6-8-4-2-3-5-9(8)10(12)13/h8-9H,2-6H2,1H3,(H,12,13)/t8-,9+/m0/s1. The average molecular weight is 184 g/mol. The van der Waals surface area contributed by atoms with E-state index in [0.29, 0.717) is 6.42 Å². The lowest BCUT2D eigenvalue weighted by molar-refractivity contribution is -0.145. The number of carbonyl (C=O) groups excluding carboxylic acids is 1. The first kappa shape index (κ1) is 10.2. The molecule has 1 aliphatic carbocycles. The Morgan fingerprint density at radius 2 is 1.92 bits per heavy atom. The third-order valence-electron chi connectivity index (χ3n) is 2.78. The summed E-state index contributed by atoms with van der Waals surface area (Å²) in [5.74, 6) is -0.814. The van der Waals surface area contributed by atoms with Crippen molar-refractivity contribution in [3.05, 3.63) is 0 Å². The molecule has 0 aromatic heterocycles. The monoisotopic (exact) mass is 184 g/mol. The molecule has 0 spiro atoms. The van der Waals surface area contributed by atoms with Gasteiger partial charge < -0.3 is 9.90 Å². The van der Waals surface area contributed by atoms with E-state index in [9.17, 15) is 9.59 Å². The van der Waals surface area contributed by atoms with Gasteiger partial charge in [0.05, 0.1) is 5.92 Å². The molecule has 0 radical (unpaired) electrons. The predicted octanol–water partition coefficient (Wildman–Crippen LogP) is 1.86. The van der Waals surface area contributed by atoms with E-state index in [2.05, 4.69) is 0 Å². The summed E-state index contributed by atoms with van der Waals surface area (Å²) in [7, 11) is 0. The van der Waals surface area contributed by atoms with Crippen LogP contribution in [0.5, 0.6) is 0 Å². The molecule has 0 heterocycles. The van der Waals surface area contributed by atoms with Crippen LogP contribution in [0.25, 0.3) is 0 Å². The SMILES string of the molecule is CC(=O)C[C@@H]1CCCC[C@H]1C(=O)O. The predicted molar refractivity (Wildman–Crippen MR) is 48.4 cm³/mol. The Bertz CT molecular complexity index is 210. The van der Waals surface area contributed by atoms with Crippen LogP contribution in [-0.4, -0.2) is 16.9 Å². The maximum absolute atomic E-state index is 10.9. The van der Waals surface area contributed by atoms with Gasteiger partial charge in [-0.2, -0.15) is 0 Å². The number of Topliss-reactive ketones (excluding diaryl/α,β-unsaturated/α-hetero) is 1. The highest BCUT2D eigenvalue weighted by molar-refractivity contribution is 5.77. The van der Waals surface area contributed by atoms with Crippen molar-refractivity contribution in [1.29, 1.82) is 0 Å². The minimum Gasteiger partial charge on any atom is -0.481 e. The summed E-state index contributed by atoms with van der Waals surface area (Å²) in [6.07, 6.45) is 4.15. The summed E-state index contributed by atoms with van der Waals surface area (Å²) >= 11 is 0. The average Bonchev–Trinajstić information content (AvgIpc) is 2.03. The van der Waals surface area contributed by atoms with Gasteiger partial charge in [-0.15, -0.1) is 0 Å². The van der Waals surface area contributed by atoms with Crippen LogP contribution in [0.3, 0.4) is 0 Å². The van der Waals surface area contributed by atoms with E-state index in [4.69, 9.17) is 5.11 Å². The molecule has 74 valence electrons. The summed E-state index contributed by atoms with van der Waals surface area (Å²) in [4.78, 5) is 21.7. The van der Waals surface area contributed by atoms with E-state index in [1.165, 1.54) is 6.92 Å². The van der Waals surface area contributed by atoms with Gasteiger partial charge in [0, 0.05) is 6.42 Å². The number of carbonyl (C=O) groups is 2. The Kier molecular flexibility index (Phi) is 3.46. The van der Waals surface area contributed by atoms with Crippen molar-refractivity contribution in [2.75, 3.05) is 0 Å². The number of hydrogen-bond acceptors (Lipinski definition) is 2. The van der Waals surface area contributed by atoms with Crippen molar-refractivity contribution >= 4 is 11.8 Å². The molecule has 1 fully saturated rings. The lowest BCUT2D eigenvalue weighted by atomic mass is 9.77. The van der Waals surface area contributed by atoms with E-state index in [1.807, 2.05) is 0 Å². The number of carboxylic acids is 1. The number of carboxylic acid groups (broad SMARTS) is 1. The minimum atomic E-state index is -0.731. The number of hydrogen-bond donors (Lipinski definition) is 1. The van der Waals surface area contributed by atoms with Gasteiger partial charge in [0.15, 0.2) is 0 Å². The largest absolute Gasteiger partial charge is 0.481 e. The van der Waals surface area contributed by atoms with Crippen molar-refractivity contribution in [2.24, 2.45) is 11.8 Å². The Labute approximate surface area is 78.1 Å². The van der Waals surface area contributed by atoms with Gasteiger partial charge in [-0.1, -0.05) is 12.8 Å². The molecule has 0 amide bonds. The highest BCUT2D eigenvalue weighted by Gasteiger charge is 2.31. The molecule has 1 aliphatic rings. The van der Waals surface area contributed by atoms with Gasteiger partial charge in [0.2, 0.25) is 0 Å². The number of aliphatic carboxylic acids is 1. The van der Waals surface area contributed by atoms with Crippen LogP contribution in [0.15, 0.2) is 0 Å². The maximum atomic E-state index is 10.9. The lowest BCUT2D eigenvalue weighted by Crippen LogP contribution is -2.28. The minimum absolute atomic E-state index is 0.0868.